The fraction of sp³-hybridized carbons (Fsp3) is 0.600. The van der Waals surface area contributed by atoms with E-state index in [2.05, 4.69) is 60.1 Å². The van der Waals surface area contributed by atoms with Crippen LogP contribution < -0.4 is 0 Å². The molecule has 0 amide bonds. The number of methoxy groups -OCH3 is 1. The third-order valence-electron chi connectivity index (χ3n) is 3.20. The fourth-order valence-corrected chi connectivity index (χ4v) is 2.43. The first-order chi connectivity index (χ1) is 8.05. The monoisotopic (exact) mass is 298 g/mol. The molecule has 1 aromatic rings. The molecule has 1 unspecified atom stereocenters. The van der Waals surface area contributed by atoms with Crippen LogP contribution in [-0.2, 0) is 4.74 Å². The molecule has 0 heterocycles. The highest BCUT2D eigenvalue weighted by molar-refractivity contribution is 9.09. The summed E-state index contributed by atoms with van der Waals surface area (Å²) < 4.78 is 5.42. The molecule has 0 bridgehead atoms. The normalized spacial score (nSPS) is 13.6. The number of ether oxygens (including phenoxy) is 1. The zero-order valence-corrected chi connectivity index (χ0v) is 12.7. The molecular formula is C15H23BrO. The highest BCUT2D eigenvalue weighted by Crippen LogP contribution is 2.29. The van der Waals surface area contributed by atoms with Gasteiger partial charge in [-0.15, -0.1) is 0 Å². The van der Waals surface area contributed by atoms with Crippen molar-refractivity contribution in [3.05, 3.63) is 35.9 Å². The minimum Gasteiger partial charge on any atom is -0.379 e. The Balaban J connectivity index is 2.24. The zero-order valence-electron chi connectivity index (χ0n) is 11.1. The average molecular weight is 299 g/mol. The molecule has 1 aromatic carbocycles. The predicted molar refractivity (Wildman–Crippen MR) is 77.7 cm³/mol. The number of halogens is 1. The van der Waals surface area contributed by atoms with Gasteiger partial charge in [0.25, 0.3) is 0 Å². The van der Waals surface area contributed by atoms with Gasteiger partial charge in [-0.25, -0.2) is 0 Å². The molecule has 1 nitrogen and oxygen atoms in total. The molecular weight excluding hydrogens is 276 g/mol. The maximum atomic E-state index is 5.42. The van der Waals surface area contributed by atoms with Crippen LogP contribution >= 0.6 is 15.9 Å². The molecule has 2 heteroatoms. The summed E-state index contributed by atoms with van der Waals surface area (Å²) in [4.78, 5) is 0.481. The molecule has 0 N–H and O–H groups in total. The van der Waals surface area contributed by atoms with Gasteiger partial charge in [-0.2, -0.15) is 0 Å². The van der Waals surface area contributed by atoms with Crippen molar-refractivity contribution in [3.8, 4) is 0 Å². The summed E-state index contributed by atoms with van der Waals surface area (Å²) >= 11 is 3.75. The van der Waals surface area contributed by atoms with E-state index in [0.29, 0.717) is 4.83 Å². The molecule has 0 aliphatic carbocycles. The van der Waals surface area contributed by atoms with E-state index in [1.54, 1.807) is 7.11 Å². The first kappa shape index (κ1) is 14.7. The maximum Gasteiger partial charge on any atom is 0.0622 e. The van der Waals surface area contributed by atoms with Gasteiger partial charge >= 0.3 is 0 Å². The van der Waals surface area contributed by atoms with Gasteiger partial charge in [-0.1, -0.05) is 59.1 Å². The van der Waals surface area contributed by atoms with Gasteiger partial charge < -0.3 is 4.74 Å². The van der Waals surface area contributed by atoms with Crippen LogP contribution in [0.2, 0.25) is 0 Å². The molecule has 1 atom stereocenters. The van der Waals surface area contributed by atoms with Gasteiger partial charge in [0.05, 0.1) is 5.60 Å². The summed E-state index contributed by atoms with van der Waals surface area (Å²) in [7, 11) is 1.79. The van der Waals surface area contributed by atoms with E-state index in [9.17, 15) is 0 Å². The molecule has 1 rings (SSSR count). The van der Waals surface area contributed by atoms with Crippen LogP contribution in [0.15, 0.2) is 30.3 Å². The van der Waals surface area contributed by atoms with E-state index in [1.807, 2.05) is 0 Å². The van der Waals surface area contributed by atoms with E-state index in [1.165, 1.54) is 24.8 Å². The van der Waals surface area contributed by atoms with Crippen LogP contribution in [0.5, 0.6) is 0 Å². The topological polar surface area (TPSA) is 9.23 Å². The van der Waals surface area contributed by atoms with Gasteiger partial charge in [-0.05, 0) is 32.3 Å². The van der Waals surface area contributed by atoms with Crippen molar-refractivity contribution in [2.75, 3.05) is 7.11 Å². The first-order valence-corrected chi connectivity index (χ1v) is 7.21. The Hall–Kier alpha value is -0.340. The van der Waals surface area contributed by atoms with Crippen LogP contribution in [0, 0.1) is 0 Å². The molecule has 0 saturated carbocycles. The largest absolute Gasteiger partial charge is 0.379 e. The van der Waals surface area contributed by atoms with E-state index in [0.717, 1.165) is 6.42 Å². The van der Waals surface area contributed by atoms with Crippen LogP contribution in [0.3, 0.4) is 0 Å². The molecule has 0 aliphatic heterocycles. The molecule has 0 spiro atoms. The summed E-state index contributed by atoms with van der Waals surface area (Å²) in [6.45, 7) is 4.30. The Kier molecular flexibility index (Phi) is 6.21. The third kappa shape index (κ3) is 5.69. The highest BCUT2D eigenvalue weighted by Gasteiger charge is 2.15. The van der Waals surface area contributed by atoms with Crippen molar-refractivity contribution < 1.29 is 4.74 Å². The van der Waals surface area contributed by atoms with E-state index >= 15 is 0 Å². The minimum atomic E-state index is 0.0224. The lowest BCUT2D eigenvalue weighted by Crippen LogP contribution is -2.21. The van der Waals surface area contributed by atoms with Crippen molar-refractivity contribution in [2.24, 2.45) is 0 Å². The summed E-state index contributed by atoms with van der Waals surface area (Å²) in [5.74, 6) is 0. The number of hydrogen-bond acceptors (Lipinski definition) is 1. The molecule has 96 valence electrons. The lowest BCUT2D eigenvalue weighted by atomic mass is 9.99. The Labute approximate surface area is 114 Å². The van der Waals surface area contributed by atoms with Crippen molar-refractivity contribution in [2.45, 2.75) is 50.0 Å². The molecule has 0 fully saturated rings. The van der Waals surface area contributed by atoms with Crippen molar-refractivity contribution in [3.63, 3.8) is 0 Å². The van der Waals surface area contributed by atoms with Crippen LogP contribution in [-0.4, -0.2) is 12.7 Å². The second-order valence-corrected chi connectivity index (χ2v) is 6.19. The summed E-state index contributed by atoms with van der Waals surface area (Å²) in [5.41, 5.74) is 1.40. The Bertz CT molecular complexity index is 308. The molecule has 0 aliphatic rings. The highest BCUT2D eigenvalue weighted by atomic mass is 79.9. The quantitative estimate of drug-likeness (QED) is 0.502. The van der Waals surface area contributed by atoms with E-state index in [4.69, 9.17) is 4.74 Å². The summed E-state index contributed by atoms with van der Waals surface area (Å²) in [6.07, 6.45) is 4.76. The SMILES string of the molecule is COC(C)(C)CCCCC(Br)c1ccccc1. The van der Waals surface area contributed by atoms with E-state index < -0.39 is 0 Å². The molecule has 0 aromatic heterocycles. The summed E-state index contributed by atoms with van der Waals surface area (Å²) in [6, 6.07) is 10.6. The van der Waals surface area contributed by atoms with Gasteiger partial charge in [0.15, 0.2) is 0 Å². The fourth-order valence-electron chi connectivity index (χ4n) is 1.80. The van der Waals surface area contributed by atoms with Crippen molar-refractivity contribution in [1.82, 2.24) is 0 Å². The second-order valence-electron chi connectivity index (χ2n) is 5.09. The summed E-state index contributed by atoms with van der Waals surface area (Å²) in [5, 5.41) is 0. The van der Waals surface area contributed by atoms with Gasteiger partial charge in [0.2, 0.25) is 0 Å². The Morgan fingerprint density at radius 2 is 1.82 bits per heavy atom. The third-order valence-corrected chi connectivity index (χ3v) is 4.19. The first-order valence-electron chi connectivity index (χ1n) is 6.29. The van der Waals surface area contributed by atoms with E-state index in [-0.39, 0.29) is 5.60 Å². The van der Waals surface area contributed by atoms with Gasteiger partial charge in [0, 0.05) is 11.9 Å². The lowest BCUT2D eigenvalue weighted by Gasteiger charge is -2.22. The average Bonchev–Trinajstić information content (AvgIpc) is 2.35. The zero-order chi connectivity index (χ0) is 12.7. The maximum absolute atomic E-state index is 5.42. The predicted octanol–water partition coefficient (Wildman–Crippen LogP) is 5.11. The Morgan fingerprint density at radius 1 is 1.18 bits per heavy atom. The number of hydrogen-bond donors (Lipinski definition) is 0. The smallest absolute Gasteiger partial charge is 0.0622 e. The number of rotatable bonds is 7. The molecule has 0 saturated heterocycles. The molecule has 0 radical (unpaired) electrons. The van der Waals surface area contributed by atoms with Crippen LogP contribution in [0.4, 0.5) is 0 Å². The number of benzene rings is 1. The molecule has 17 heavy (non-hydrogen) atoms. The lowest BCUT2D eigenvalue weighted by molar-refractivity contribution is 0.0134. The second kappa shape index (κ2) is 7.17. The Morgan fingerprint density at radius 3 is 2.41 bits per heavy atom. The van der Waals surface area contributed by atoms with Gasteiger partial charge in [-0.3, -0.25) is 0 Å². The van der Waals surface area contributed by atoms with Crippen molar-refractivity contribution in [1.29, 1.82) is 0 Å². The minimum absolute atomic E-state index is 0.0224. The van der Waals surface area contributed by atoms with Crippen molar-refractivity contribution >= 4 is 15.9 Å². The van der Waals surface area contributed by atoms with Crippen LogP contribution in [0.25, 0.3) is 0 Å². The standard InChI is InChI=1S/C15H23BrO/c1-15(2,17-3)12-8-7-11-14(16)13-9-5-4-6-10-13/h4-6,9-10,14H,7-8,11-12H2,1-3H3. The number of alkyl halides is 1. The van der Waals surface area contributed by atoms with Gasteiger partial charge in [0.1, 0.15) is 0 Å². The van der Waals surface area contributed by atoms with Crippen LogP contribution in [0.1, 0.15) is 49.9 Å². The number of unbranched alkanes of at least 4 members (excludes halogenated alkanes) is 1.